The summed E-state index contributed by atoms with van der Waals surface area (Å²) in [4.78, 5) is 0. The van der Waals surface area contributed by atoms with E-state index in [-0.39, 0.29) is 0 Å². The van der Waals surface area contributed by atoms with Gasteiger partial charge in [0.25, 0.3) is 0 Å². The van der Waals surface area contributed by atoms with Crippen LogP contribution in [0.5, 0.6) is 0 Å². The highest BCUT2D eigenvalue weighted by molar-refractivity contribution is 5.03. The first-order valence-electron chi connectivity index (χ1n) is 5.95. The van der Waals surface area contributed by atoms with Gasteiger partial charge in [0, 0.05) is 31.4 Å². The highest BCUT2D eigenvalue weighted by atomic mass is 15.2. The van der Waals surface area contributed by atoms with Crippen LogP contribution in [0.3, 0.4) is 0 Å². The fourth-order valence-corrected chi connectivity index (χ4v) is 2.44. The molecule has 0 saturated heterocycles. The van der Waals surface area contributed by atoms with E-state index in [1.807, 2.05) is 17.9 Å². The van der Waals surface area contributed by atoms with Crippen molar-refractivity contribution in [3.63, 3.8) is 0 Å². The van der Waals surface area contributed by atoms with Gasteiger partial charge in [0.1, 0.15) is 0 Å². The number of rotatable bonds is 3. The third kappa shape index (κ3) is 3.06. The SMILES string of the molecule is C[C@@H]1CCC[C@@H](NCc2cnn(C)c2)C1. The lowest BCUT2D eigenvalue weighted by Gasteiger charge is -2.27. The first-order valence-corrected chi connectivity index (χ1v) is 5.95. The summed E-state index contributed by atoms with van der Waals surface area (Å²) in [5.74, 6) is 0.894. The summed E-state index contributed by atoms with van der Waals surface area (Å²) in [5, 5.41) is 7.80. The van der Waals surface area contributed by atoms with Crippen LogP contribution in [0, 0.1) is 5.92 Å². The van der Waals surface area contributed by atoms with Gasteiger partial charge in [-0.25, -0.2) is 0 Å². The first-order chi connectivity index (χ1) is 7.24. The molecule has 1 saturated carbocycles. The number of nitrogens with zero attached hydrogens (tertiary/aromatic N) is 2. The van der Waals surface area contributed by atoms with Crippen LogP contribution in [0.15, 0.2) is 12.4 Å². The van der Waals surface area contributed by atoms with Gasteiger partial charge in [-0.05, 0) is 18.8 Å². The quantitative estimate of drug-likeness (QED) is 0.822. The molecule has 84 valence electrons. The van der Waals surface area contributed by atoms with E-state index in [2.05, 4.69) is 23.5 Å². The summed E-state index contributed by atoms with van der Waals surface area (Å²) < 4.78 is 1.86. The summed E-state index contributed by atoms with van der Waals surface area (Å²) >= 11 is 0. The van der Waals surface area contributed by atoms with E-state index in [0.717, 1.165) is 12.5 Å². The molecule has 0 amide bonds. The third-order valence-corrected chi connectivity index (χ3v) is 3.29. The van der Waals surface area contributed by atoms with Crippen molar-refractivity contribution in [2.75, 3.05) is 0 Å². The summed E-state index contributed by atoms with van der Waals surface area (Å²) in [7, 11) is 1.96. The number of aromatic nitrogens is 2. The highest BCUT2D eigenvalue weighted by Gasteiger charge is 2.17. The Bertz CT molecular complexity index is 306. The van der Waals surface area contributed by atoms with Crippen molar-refractivity contribution in [1.29, 1.82) is 0 Å². The normalized spacial score (nSPS) is 26.8. The van der Waals surface area contributed by atoms with Crippen LogP contribution in [-0.2, 0) is 13.6 Å². The van der Waals surface area contributed by atoms with E-state index in [4.69, 9.17) is 0 Å². The van der Waals surface area contributed by atoms with E-state index in [1.54, 1.807) is 0 Å². The molecule has 1 fully saturated rings. The highest BCUT2D eigenvalue weighted by Crippen LogP contribution is 2.23. The molecular weight excluding hydrogens is 186 g/mol. The van der Waals surface area contributed by atoms with Crippen LogP contribution >= 0.6 is 0 Å². The van der Waals surface area contributed by atoms with Crippen LogP contribution in [-0.4, -0.2) is 15.8 Å². The predicted molar refractivity (Wildman–Crippen MR) is 61.5 cm³/mol. The second-order valence-electron chi connectivity index (χ2n) is 4.87. The van der Waals surface area contributed by atoms with Gasteiger partial charge < -0.3 is 5.32 Å². The molecule has 15 heavy (non-hydrogen) atoms. The Balaban J connectivity index is 1.77. The molecule has 2 atom stereocenters. The summed E-state index contributed by atoms with van der Waals surface area (Å²) in [6.45, 7) is 3.32. The standard InChI is InChI=1S/C12H21N3/c1-10-4-3-5-12(6-10)13-7-11-8-14-15(2)9-11/h8-10,12-13H,3-7H2,1-2H3/t10-,12-/m1/s1. The molecule has 0 aliphatic heterocycles. The smallest absolute Gasteiger partial charge is 0.0534 e. The minimum absolute atomic E-state index is 0.717. The van der Waals surface area contributed by atoms with E-state index in [0.29, 0.717) is 6.04 Å². The van der Waals surface area contributed by atoms with Crippen molar-refractivity contribution in [3.8, 4) is 0 Å². The zero-order valence-corrected chi connectivity index (χ0v) is 9.74. The fourth-order valence-electron chi connectivity index (χ4n) is 2.44. The van der Waals surface area contributed by atoms with E-state index < -0.39 is 0 Å². The lowest BCUT2D eigenvalue weighted by atomic mass is 9.87. The predicted octanol–water partition coefficient (Wildman–Crippen LogP) is 2.09. The number of hydrogen-bond donors (Lipinski definition) is 1. The van der Waals surface area contributed by atoms with Crippen molar-refractivity contribution in [3.05, 3.63) is 18.0 Å². The Kier molecular flexibility index (Phi) is 3.41. The van der Waals surface area contributed by atoms with E-state index in [1.165, 1.54) is 31.2 Å². The van der Waals surface area contributed by atoms with Crippen molar-refractivity contribution in [2.45, 2.75) is 45.2 Å². The van der Waals surface area contributed by atoms with Crippen molar-refractivity contribution in [2.24, 2.45) is 13.0 Å². The molecular formula is C12H21N3. The Morgan fingerprint density at radius 2 is 2.40 bits per heavy atom. The van der Waals surface area contributed by atoms with E-state index >= 15 is 0 Å². The average molecular weight is 207 g/mol. The largest absolute Gasteiger partial charge is 0.310 e. The minimum Gasteiger partial charge on any atom is -0.310 e. The first kappa shape index (κ1) is 10.7. The third-order valence-electron chi connectivity index (χ3n) is 3.29. The summed E-state index contributed by atoms with van der Waals surface area (Å²) in [6, 6.07) is 0.717. The maximum absolute atomic E-state index is 4.17. The van der Waals surface area contributed by atoms with Crippen LogP contribution in [0.1, 0.15) is 38.2 Å². The Hall–Kier alpha value is -0.830. The Morgan fingerprint density at radius 1 is 1.53 bits per heavy atom. The average Bonchev–Trinajstić information content (AvgIpc) is 2.62. The lowest BCUT2D eigenvalue weighted by molar-refractivity contribution is 0.300. The molecule has 3 heteroatoms. The van der Waals surface area contributed by atoms with Crippen LogP contribution < -0.4 is 5.32 Å². The van der Waals surface area contributed by atoms with Crippen LogP contribution in [0.25, 0.3) is 0 Å². The molecule has 0 spiro atoms. The Labute approximate surface area is 91.9 Å². The number of hydrogen-bond acceptors (Lipinski definition) is 2. The summed E-state index contributed by atoms with van der Waals surface area (Å²) in [5.41, 5.74) is 1.29. The molecule has 0 bridgehead atoms. The molecule has 0 aromatic carbocycles. The zero-order chi connectivity index (χ0) is 10.7. The zero-order valence-electron chi connectivity index (χ0n) is 9.74. The van der Waals surface area contributed by atoms with Crippen molar-refractivity contribution in [1.82, 2.24) is 15.1 Å². The molecule has 2 rings (SSSR count). The van der Waals surface area contributed by atoms with Gasteiger partial charge in [-0.15, -0.1) is 0 Å². The lowest BCUT2D eigenvalue weighted by Crippen LogP contribution is -2.32. The van der Waals surface area contributed by atoms with Crippen molar-refractivity contribution < 1.29 is 0 Å². The molecule has 1 aromatic heterocycles. The van der Waals surface area contributed by atoms with Gasteiger partial charge >= 0.3 is 0 Å². The maximum atomic E-state index is 4.17. The molecule has 0 radical (unpaired) electrons. The topological polar surface area (TPSA) is 29.9 Å². The minimum atomic E-state index is 0.717. The molecule has 3 nitrogen and oxygen atoms in total. The molecule has 1 aliphatic rings. The van der Waals surface area contributed by atoms with Gasteiger partial charge in [0.2, 0.25) is 0 Å². The molecule has 1 aromatic rings. The number of nitrogens with one attached hydrogen (secondary N) is 1. The molecule has 1 aliphatic carbocycles. The molecule has 0 unspecified atom stereocenters. The van der Waals surface area contributed by atoms with Gasteiger partial charge in [-0.3, -0.25) is 4.68 Å². The van der Waals surface area contributed by atoms with Crippen LogP contribution in [0.4, 0.5) is 0 Å². The van der Waals surface area contributed by atoms with Crippen molar-refractivity contribution >= 4 is 0 Å². The van der Waals surface area contributed by atoms with Gasteiger partial charge in [-0.1, -0.05) is 19.8 Å². The van der Waals surface area contributed by atoms with Gasteiger partial charge in [0.05, 0.1) is 6.20 Å². The van der Waals surface area contributed by atoms with Crippen LogP contribution in [0.2, 0.25) is 0 Å². The molecule has 1 N–H and O–H groups in total. The fraction of sp³-hybridized carbons (Fsp3) is 0.750. The maximum Gasteiger partial charge on any atom is 0.0534 e. The summed E-state index contributed by atoms with van der Waals surface area (Å²) in [6.07, 6.45) is 9.49. The van der Waals surface area contributed by atoms with E-state index in [9.17, 15) is 0 Å². The second kappa shape index (κ2) is 4.79. The Morgan fingerprint density at radius 3 is 3.07 bits per heavy atom. The van der Waals surface area contributed by atoms with Gasteiger partial charge in [0.15, 0.2) is 0 Å². The van der Waals surface area contributed by atoms with Gasteiger partial charge in [-0.2, -0.15) is 5.10 Å². The molecule has 1 heterocycles. The second-order valence-corrected chi connectivity index (χ2v) is 4.87. The monoisotopic (exact) mass is 207 g/mol. The number of aryl methyl sites for hydroxylation is 1.